The van der Waals surface area contributed by atoms with Crippen LogP contribution in [0.3, 0.4) is 0 Å². The van der Waals surface area contributed by atoms with Crippen molar-refractivity contribution < 1.29 is 0 Å². The van der Waals surface area contributed by atoms with E-state index in [2.05, 4.69) is 27.3 Å². The number of para-hydroxylation sites is 1. The normalized spacial score (nSPS) is 9.65. The molecule has 0 saturated heterocycles. The lowest BCUT2D eigenvalue weighted by Gasteiger charge is -2.09. The number of rotatable bonds is 3. The van der Waals surface area contributed by atoms with Gasteiger partial charge in [-0.05, 0) is 23.8 Å². The molecule has 2 aromatic rings. The van der Waals surface area contributed by atoms with Crippen LogP contribution in [-0.4, -0.2) is 0 Å². The first-order valence-corrected chi connectivity index (χ1v) is 6.07. The van der Waals surface area contributed by atoms with Crippen LogP contribution in [0, 0.1) is 11.3 Å². The van der Waals surface area contributed by atoms with Crippen molar-refractivity contribution in [3.8, 4) is 6.07 Å². The summed E-state index contributed by atoms with van der Waals surface area (Å²) in [6.45, 7) is 0.695. The monoisotopic (exact) mass is 286 g/mol. The Hall–Kier alpha value is -1.79. The van der Waals surface area contributed by atoms with Gasteiger partial charge in [-0.1, -0.05) is 46.3 Å². The Bertz CT molecular complexity index is 558. The van der Waals surface area contributed by atoms with Crippen molar-refractivity contribution in [1.82, 2.24) is 0 Å². The van der Waals surface area contributed by atoms with E-state index in [0.29, 0.717) is 12.1 Å². The molecule has 0 heterocycles. The molecule has 3 heteroatoms. The summed E-state index contributed by atoms with van der Waals surface area (Å²) in [5.74, 6) is 0. The Labute approximate surface area is 109 Å². The van der Waals surface area contributed by atoms with Gasteiger partial charge in [-0.2, -0.15) is 5.26 Å². The highest BCUT2D eigenvalue weighted by atomic mass is 79.9. The topological polar surface area (TPSA) is 35.8 Å². The lowest BCUT2D eigenvalue weighted by molar-refractivity contribution is 1.13. The van der Waals surface area contributed by atoms with Crippen LogP contribution >= 0.6 is 15.9 Å². The molecule has 2 aromatic carbocycles. The molecule has 17 heavy (non-hydrogen) atoms. The van der Waals surface area contributed by atoms with E-state index in [0.717, 1.165) is 10.2 Å². The van der Waals surface area contributed by atoms with Gasteiger partial charge in [0.25, 0.3) is 0 Å². The van der Waals surface area contributed by atoms with Gasteiger partial charge >= 0.3 is 0 Å². The Balaban J connectivity index is 2.13. The van der Waals surface area contributed by atoms with Gasteiger partial charge in [0.1, 0.15) is 6.07 Å². The Morgan fingerprint density at radius 1 is 1.06 bits per heavy atom. The summed E-state index contributed by atoms with van der Waals surface area (Å²) in [5, 5.41) is 12.2. The molecule has 2 rings (SSSR count). The summed E-state index contributed by atoms with van der Waals surface area (Å²) >= 11 is 3.50. The third kappa shape index (κ3) is 2.86. The quantitative estimate of drug-likeness (QED) is 0.928. The number of benzene rings is 2. The summed E-state index contributed by atoms with van der Waals surface area (Å²) < 4.78 is 1.07. The molecule has 0 aliphatic heterocycles. The molecule has 0 saturated carbocycles. The fraction of sp³-hybridized carbons (Fsp3) is 0.0714. The van der Waals surface area contributed by atoms with E-state index in [4.69, 9.17) is 5.26 Å². The number of nitrogens with zero attached hydrogens (tertiary/aromatic N) is 1. The molecule has 0 spiro atoms. The molecule has 84 valence electrons. The standard InChI is InChI=1S/C14H11BrN2/c15-13-7-3-1-6-12(13)10-17-14-8-4-2-5-11(14)9-16/h1-8,17H,10H2. The minimum absolute atomic E-state index is 0.666. The fourth-order valence-corrected chi connectivity index (χ4v) is 1.99. The van der Waals surface area contributed by atoms with Crippen LogP contribution in [0.15, 0.2) is 53.0 Å². The first kappa shape index (κ1) is 11.7. The number of hydrogen-bond donors (Lipinski definition) is 1. The highest BCUT2D eigenvalue weighted by Gasteiger charge is 2.01. The largest absolute Gasteiger partial charge is 0.380 e. The summed E-state index contributed by atoms with van der Waals surface area (Å²) in [4.78, 5) is 0. The zero-order valence-electron chi connectivity index (χ0n) is 9.15. The second-order valence-corrected chi connectivity index (χ2v) is 4.46. The van der Waals surface area contributed by atoms with E-state index >= 15 is 0 Å². The Morgan fingerprint density at radius 2 is 1.76 bits per heavy atom. The van der Waals surface area contributed by atoms with Crippen LogP contribution in [0.4, 0.5) is 5.69 Å². The van der Waals surface area contributed by atoms with Crippen molar-refractivity contribution in [3.63, 3.8) is 0 Å². The van der Waals surface area contributed by atoms with E-state index in [1.165, 1.54) is 5.56 Å². The van der Waals surface area contributed by atoms with E-state index in [9.17, 15) is 0 Å². The maximum absolute atomic E-state index is 8.97. The molecule has 0 aliphatic rings. The molecule has 0 amide bonds. The highest BCUT2D eigenvalue weighted by molar-refractivity contribution is 9.10. The fourth-order valence-electron chi connectivity index (χ4n) is 1.57. The van der Waals surface area contributed by atoms with E-state index in [-0.39, 0.29) is 0 Å². The molecule has 0 unspecified atom stereocenters. The van der Waals surface area contributed by atoms with E-state index in [1.54, 1.807) is 0 Å². The van der Waals surface area contributed by atoms with Crippen molar-refractivity contribution >= 4 is 21.6 Å². The summed E-state index contributed by atoms with van der Waals surface area (Å²) in [5.41, 5.74) is 2.70. The molecule has 1 N–H and O–H groups in total. The van der Waals surface area contributed by atoms with Crippen LogP contribution < -0.4 is 5.32 Å². The highest BCUT2D eigenvalue weighted by Crippen LogP contribution is 2.19. The molecule has 0 aromatic heterocycles. The number of hydrogen-bond acceptors (Lipinski definition) is 2. The second-order valence-electron chi connectivity index (χ2n) is 3.60. The number of nitrogens with one attached hydrogen (secondary N) is 1. The number of anilines is 1. The minimum atomic E-state index is 0.666. The zero-order valence-corrected chi connectivity index (χ0v) is 10.7. The summed E-state index contributed by atoms with van der Waals surface area (Å²) in [7, 11) is 0. The maximum atomic E-state index is 8.97. The average Bonchev–Trinajstić information content (AvgIpc) is 2.38. The minimum Gasteiger partial charge on any atom is -0.380 e. The number of halogens is 1. The van der Waals surface area contributed by atoms with Crippen LogP contribution in [-0.2, 0) is 6.54 Å². The summed E-state index contributed by atoms with van der Waals surface area (Å²) in [6, 6.07) is 17.7. The molecule has 2 nitrogen and oxygen atoms in total. The number of nitriles is 1. The third-order valence-corrected chi connectivity index (χ3v) is 3.25. The van der Waals surface area contributed by atoms with Gasteiger partial charge in [0.2, 0.25) is 0 Å². The van der Waals surface area contributed by atoms with E-state index in [1.807, 2.05) is 48.5 Å². The van der Waals surface area contributed by atoms with E-state index < -0.39 is 0 Å². The van der Waals surface area contributed by atoms with Gasteiger partial charge in [-0.15, -0.1) is 0 Å². The molecule has 0 radical (unpaired) electrons. The van der Waals surface area contributed by atoms with Crippen LogP contribution in [0.25, 0.3) is 0 Å². The SMILES string of the molecule is N#Cc1ccccc1NCc1ccccc1Br. The van der Waals surface area contributed by atoms with Gasteiger partial charge in [-0.25, -0.2) is 0 Å². The molecule has 0 fully saturated rings. The smallest absolute Gasteiger partial charge is 0.101 e. The molecule has 0 aliphatic carbocycles. The van der Waals surface area contributed by atoms with Crippen LogP contribution in [0.5, 0.6) is 0 Å². The summed E-state index contributed by atoms with van der Waals surface area (Å²) in [6.07, 6.45) is 0. The lowest BCUT2D eigenvalue weighted by Crippen LogP contribution is -2.01. The first-order chi connectivity index (χ1) is 8.31. The predicted molar refractivity (Wildman–Crippen MR) is 72.6 cm³/mol. The van der Waals surface area contributed by atoms with Gasteiger partial charge in [0.15, 0.2) is 0 Å². The first-order valence-electron chi connectivity index (χ1n) is 5.27. The van der Waals surface area contributed by atoms with Crippen LogP contribution in [0.2, 0.25) is 0 Å². The van der Waals surface area contributed by atoms with Crippen molar-refractivity contribution in [3.05, 3.63) is 64.1 Å². The third-order valence-electron chi connectivity index (χ3n) is 2.47. The lowest BCUT2D eigenvalue weighted by atomic mass is 10.1. The average molecular weight is 287 g/mol. The van der Waals surface area contributed by atoms with Crippen molar-refractivity contribution in [1.29, 1.82) is 5.26 Å². The van der Waals surface area contributed by atoms with Gasteiger partial charge in [0, 0.05) is 11.0 Å². The molecular weight excluding hydrogens is 276 g/mol. The maximum Gasteiger partial charge on any atom is 0.101 e. The zero-order chi connectivity index (χ0) is 12.1. The molecule has 0 atom stereocenters. The molecule has 0 bridgehead atoms. The van der Waals surface area contributed by atoms with Gasteiger partial charge < -0.3 is 5.32 Å². The Morgan fingerprint density at radius 3 is 2.53 bits per heavy atom. The predicted octanol–water partition coefficient (Wildman–Crippen LogP) is 3.93. The van der Waals surface area contributed by atoms with Crippen LogP contribution in [0.1, 0.15) is 11.1 Å². The molecular formula is C14H11BrN2. The van der Waals surface area contributed by atoms with Gasteiger partial charge in [0.05, 0.1) is 11.3 Å². The van der Waals surface area contributed by atoms with Gasteiger partial charge in [-0.3, -0.25) is 0 Å². The second kappa shape index (κ2) is 5.51. The van der Waals surface area contributed by atoms with Crippen molar-refractivity contribution in [2.45, 2.75) is 6.54 Å². The van der Waals surface area contributed by atoms with Crippen molar-refractivity contribution in [2.24, 2.45) is 0 Å². The Kier molecular flexibility index (Phi) is 3.79. The van der Waals surface area contributed by atoms with Crippen molar-refractivity contribution in [2.75, 3.05) is 5.32 Å².